The molecule has 12 nitrogen and oxygen atoms in total. The minimum Gasteiger partial charge on any atom is -0.480 e. The summed E-state index contributed by atoms with van der Waals surface area (Å²) in [5, 5.41) is 9.76. The number of aliphatic carboxylic acids is 1. The van der Waals surface area contributed by atoms with E-state index in [4.69, 9.17) is 9.47 Å². The number of rotatable bonds is 7. The van der Waals surface area contributed by atoms with E-state index in [1.807, 2.05) is 0 Å². The molecule has 0 heterocycles. The first-order chi connectivity index (χ1) is 15.6. The average Bonchev–Trinajstić information content (AvgIpc) is 2.64. The Kier molecular flexibility index (Phi) is 8.96. The first-order valence-corrected chi connectivity index (χ1v) is 13.6. The number of hydrogen-bond donors (Lipinski definition) is 1. The smallest absolute Gasteiger partial charge is 0.424 e. The molecule has 35 heavy (non-hydrogen) atoms. The molecule has 0 aromatic heterocycles. The number of carbonyl (C=O) groups is 3. The van der Waals surface area contributed by atoms with Crippen LogP contribution in [0.3, 0.4) is 0 Å². The van der Waals surface area contributed by atoms with Crippen molar-refractivity contribution in [1.82, 2.24) is 9.21 Å². The lowest BCUT2D eigenvalue weighted by molar-refractivity contribution is -0.142. The van der Waals surface area contributed by atoms with Crippen LogP contribution < -0.4 is 0 Å². The van der Waals surface area contributed by atoms with Crippen LogP contribution in [0.25, 0.3) is 0 Å². The molecule has 198 valence electrons. The van der Waals surface area contributed by atoms with Gasteiger partial charge in [-0.2, -0.15) is 4.31 Å². The highest BCUT2D eigenvalue weighted by molar-refractivity contribution is 7.93. The van der Waals surface area contributed by atoms with E-state index in [9.17, 15) is 36.3 Å². The molecule has 0 unspecified atom stereocenters. The number of amides is 2. The van der Waals surface area contributed by atoms with E-state index in [0.717, 1.165) is 25.4 Å². The summed E-state index contributed by atoms with van der Waals surface area (Å²) in [5.74, 6) is -1.64. The molecular weight excluding hydrogens is 504 g/mol. The Labute approximate surface area is 205 Å². The van der Waals surface area contributed by atoms with Gasteiger partial charge in [0, 0.05) is 13.3 Å². The number of benzene rings is 1. The van der Waals surface area contributed by atoms with E-state index < -0.39 is 71.6 Å². The zero-order valence-electron chi connectivity index (χ0n) is 20.9. The third-order valence-electron chi connectivity index (χ3n) is 4.19. The highest BCUT2D eigenvalue weighted by Gasteiger charge is 2.41. The van der Waals surface area contributed by atoms with Crippen LogP contribution in [0.4, 0.5) is 9.59 Å². The summed E-state index contributed by atoms with van der Waals surface area (Å²) in [5.41, 5.74) is -2.17. The van der Waals surface area contributed by atoms with Crippen molar-refractivity contribution in [2.24, 2.45) is 0 Å². The summed E-state index contributed by atoms with van der Waals surface area (Å²) < 4.78 is 61.9. The fourth-order valence-corrected chi connectivity index (χ4v) is 5.57. The van der Waals surface area contributed by atoms with Crippen molar-refractivity contribution in [2.45, 2.75) is 68.6 Å². The van der Waals surface area contributed by atoms with Crippen molar-refractivity contribution in [1.29, 1.82) is 0 Å². The molecule has 0 fully saturated rings. The Hall–Kier alpha value is -2.87. The highest BCUT2D eigenvalue weighted by atomic mass is 32.2. The van der Waals surface area contributed by atoms with Gasteiger partial charge in [0.2, 0.25) is 0 Å². The monoisotopic (exact) mass is 536 g/mol. The van der Waals surface area contributed by atoms with Crippen LogP contribution in [0.5, 0.6) is 0 Å². The number of hydrogen-bond acceptors (Lipinski definition) is 9. The van der Waals surface area contributed by atoms with Crippen molar-refractivity contribution in [2.75, 3.05) is 19.8 Å². The average molecular weight is 537 g/mol. The second-order valence-corrected chi connectivity index (χ2v) is 13.5. The Balaban J connectivity index is 3.66. The van der Waals surface area contributed by atoms with Crippen LogP contribution in [-0.2, 0) is 34.1 Å². The van der Waals surface area contributed by atoms with E-state index >= 15 is 0 Å². The van der Waals surface area contributed by atoms with E-state index in [-0.39, 0.29) is 4.31 Å². The van der Waals surface area contributed by atoms with Crippen LogP contribution in [0.15, 0.2) is 34.1 Å². The molecule has 1 N–H and O–H groups in total. The highest BCUT2D eigenvalue weighted by Crippen LogP contribution is 2.26. The Morgan fingerprint density at radius 1 is 0.886 bits per heavy atom. The number of likely N-dealkylation sites (N-methyl/N-ethyl adjacent to an activating group) is 1. The first kappa shape index (κ1) is 30.2. The lowest BCUT2D eigenvalue weighted by Gasteiger charge is -2.32. The second-order valence-electron chi connectivity index (χ2n) is 9.68. The summed E-state index contributed by atoms with van der Waals surface area (Å²) in [6, 6.07) is 2.66. The summed E-state index contributed by atoms with van der Waals surface area (Å²) in [6.07, 6.45) is -1.75. The van der Waals surface area contributed by atoms with Gasteiger partial charge in [0.1, 0.15) is 16.1 Å². The van der Waals surface area contributed by atoms with Crippen LogP contribution in [0.2, 0.25) is 0 Å². The summed E-state index contributed by atoms with van der Waals surface area (Å²) >= 11 is 0. The standard InChI is InChI=1S/C21H32N2O10S2/c1-20(2,3)32-18(26)22(7)14(17(24)25)13-23(19(27)33-21(4,5)6)35(30,31)16-12-10-9-11-15(16)34(8,28)29/h9-12,14H,13H2,1-8H3,(H,24,25)/t14-/m1/s1. The van der Waals surface area contributed by atoms with Crippen LogP contribution >= 0.6 is 0 Å². The molecule has 0 spiro atoms. The van der Waals surface area contributed by atoms with E-state index in [2.05, 4.69) is 0 Å². The van der Waals surface area contributed by atoms with Gasteiger partial charge in [0.05, 0.1) is 11.4 Å². The van der Waals surface area contributed by atoms with Gasteiger partial charge in [-0.15, -0.1) is 0 Å². The molecule has 2 amide bonds. The molecule has 1 aromatic carbocycles. The predicted molar refractivity (Wildman–Crippen MR) is 125 cm³/mol. The minimum atomic E-state index is -4.97. The fraction of sp³-hybridized carbons (Fsp3) is 0.571. The van der Waals surface area contributed by atoms with Gasteiger partial charge < -0.3 is 14.6 Å². The van der Waals surface area contributed by atoms with E-state index in [0.29, 0.717) is 4.90 Å². The number of nitrogens with zero attached hydrogens (tertiary/aromatic N) is 2. The van der Waals surface area contributed by atoms with Crippen molar-refractivity contribution in [3.8, 4) is 0 Å². The van der Waals surface area contributed by atoms with Crippen molar-refractivity contribution in [3.63, 3.8) is 0 Å². The maximum absolute atomic E-state index is 13.5. The molecule has 1 rings (SSSR count). The molecule has 0 saturated carbocycles. The number of ether oxygens (including phenoxy) is 2. The molecule has 0 aliphatic carbocycles. The summed E-state index contributed by atoms with van der Waals surface area (Å²) in [7, 11) is -7.97. The zero-order valence-corrected chi connectivity index (χ0v) is 22.6. The largest absolute Gasteiger partial charge is 0.480 e. The Bertz CT molecular complexity index is 1180. The summed E-state index contributed by atoms with van der Waals surface area (Å²) in [6.45, 7) is 7.95. The van der Waals surface area contributed by atoms with E-state index in [1.165, 1.54) is 32.9 Å². The fourth-order valence-electron chi connectivity index (χ4n) is 2.66. The Morgan fingerprint density at radius 3 is 1.71 bits per heavy atom. The molecule has 0 aliphatic heterocycles. The minimum absolute atomic E-state index is 0.0991. The second kappa shape index (κ2) is 10.4. The SMILES string of the molecule is CN(C(=O)OC(C)(C)C)[C@H](CN(C(=O)OC(C)(C)C)S(=O)(=O)c1ccccc1S(C)(=O)=O)C(=O)O. The first-order valence-electron chi connectivity index (χ1n) is 10.3. The van der Waals surface area contributed by atoms with Crippen molar-refractivity contribution < 1.29 is 45.8 Å². The van der Waals surface area contributed by atoms with Gasteiger partial charge in [-0.25, -0.2) is 31.2 Å². The van der Waals surface area contributed by atoms with E-state index in [1.54, 1.807) is 20.8 Å². The third-order valence-corrected chi connectivity index (χ3v) is 7.26. The van der Waals surface area contributed by atoms with Gasteiger partial charge in [-0.1, -0.05) is 12.1 Å². The number of sulfonamides is 1. The van der Waals surface area contributed by atoms with Gasteiger partial charge >= 0.3 is 18.2 Å². The van der Waals surface area contributed by atoms with Gasteiger partial charge in [-0.05, 0) is 53.7 Å². The van der Waals surface area contributed by atoms with Gasteiger partial charge in [-0.3, -0.25) is 4.90 Å². The third kappa shape index (κ3) is 8.38. The zero-order chi connectivity index (χ0) is 27.6. The molecule has 0 saturated heterocycles. The quantitative estimate of drug-likeness (QED) is 0.547. The maximum Gasteiger partial charge on any atom is 0.424 e. The number of sulfone groups is 1. The van der Waals surface area contributed by atoms with Gasteiger partial charge in [0.15, 0.2) is 15.9 Å². The maximum atomic E-state index is 13.5. The lowest BCUT2D eigenvalue weighted by Crippen LogP contribution is -2.53. The molecule has 14 heteroatoms. The summed E-state index contributed by atoms with van der Waals surface area (Å²) in [4.78, 5) is 36.7. The molecule has 0 radical (unpaired) electrons. The molecule has 1 aromatic rings. The van der Waals surface area contributed by atoms with Crippen LogP contribution in [0.1, 0.15) is 41.5 Å². The van der Waals surface area contributed by atoms with Crippen molar-refractivity contribution in [3.05, 3.63) is 24.3 Å². The Morgan fingerprint density at radius 2 is 1.31 bits per heavy atom. The molecule has 1 atom stereocenters. The van der Waals surface area contributed by atoms with Gasteiger partial charge in [0.25, 0.3) is 10.0 Å². The normalized spacial score (nSPS) is 13.5. The molecule has 0 bridgehead atoms. The predicted octanol–water partition coefficient (Wildman–Crippen LogP) is 2.34. The number of carboxylic acid groups (broad SMARTS) is 1. The van der Waals surface area contributed by atoms with Crippen LogP contribution in [0, 0.1) is 0 Å². The number of carbonyl (C=O) groups excluding carboxylic acids is 2. The lowest BCUT2D eigenvalue weighted by atomic mass is 10.2. The van der Waals surface area contributed by atoms with Crippen molar-refractivity contribution >= 4 is 38.0 Å². The molecular formula is C21H32N2O10S2. The topological polar surface area (TPSA) is 165 Å². The number of carboxylic acids is 1. The molecule has 0 aliphatic rings. The van der Waals surface area contributed by atoms with Crippen LogP contribution in [-0.4, -0.2) is 86.4 Å².